The van der Waals surface area contributed by atoms with Gasteiger partial charge >= 0.3 is 5.97 Å². The molecule has 0 heterocycles. The predicted octanol–water partition coefficient (Wildman–Crippen LogP) is 1.74. The molecule has 0 rings (SSSR count). The zero-order valence-electron chi connectivity index (χ0n) is 8.09. The zero-order valence-corrected chi connectivity index (χ0v) is 8.09. The van der Waals surface area contributed by atoms with E-state index >= 15 is 0 Å². The van der Waals surface area contributed by atoms with Crippen molar-refractivity contribution in [3.8, 4) is 0 Å². The van der Waals surface area contributed by atoms with Gasteiger partial charge in [0.05, 0.1) is 25.4 Å². The number of carbonyl (C=O) groups is 1. The Hall–Kier alpha value is -0.990. The Bertz CT molecular complexity index is 171. The van der Waals surface area contributed by atoms with Gasteiger partial charge in [-0.15, -0.1) is 0 Å². The maximum absolute atomic E-state index is 11.2. The van der Waals surface area contributed by atoms with E-state index in [1.807, 2.05) is 0 Å². The molecule has 0 aliphatic heterocycles. The van der Waals surface area contributed by atoms with Crippen molar-refractivity contribution < 1.29 is 14.3 Å². The van der Waals surface area contributed by atoms with Crippen molar-refractivity contribution in [1.82, 2.24) is 0 Å². The monoisotopic (exact) mass is 172 g/mol. The van der Waals surface area contributed by atoms with Gasteiger partial charge in [0.2, 0.25) is 0 Å². The van der Waals surface area contributed by atoms with Gasteiger partial charge in [-0.25, -0.2) is 0 Å². The first kappa shape index (κ1) is 11.0. The van der Waals surface area contributed by atoms with Crippen molar-refractivity contribution in [3.63, 3.8) is 0 Å². The standard InChI is InChI=1S/C9H16O3/c1-5-12-8(10)9(2,3)6-7-11-4/h6-7H,5H2,1-4H3. The quantitative estimate of drug-likeness (QED) is 0.478. The van der Waals surface area contributed by atoms with Crippen LogP contribution in [0.1, 0.15) is 20.8 Å². The van der Waals surface area contributed by atoms with Crippen LogP contribution in [0, 0.1) is 5.41 Å². The first-order valence-corrected chi connectivity index (χ1v) is 3.92. The molecule has 0 spiro atoms. The van der Waals surface area contributed by atoms with E-state index in [0.29, 0.717) is 6.61 Å². The van der Waals surface area contributed by atoms with Gasteiger partial charge in [0.25, 0.3) is 0 Å². The first-order chi connectivity index (χ1) is 5.54. The van der Waals surface area contributed by atoms with Crippen LogP contribution in [0.25, 0.3) is 0 Å². The predicted molar refractivity (Wildman–Crippen MR) is 46.6 cm³/mol. The highest BCUT2D eigenvalue weighted by Gasteiger charge is 2.25. The molecule has 0 saturated heterocycles. The lowest BCUT2D eigenvalue weighted by Crippen LogP contribution is -2.24. The van der Waals surface area contributed by atoms with Crippen LogP contribution in [0.4, 0.5) is 0 Å². The van der Waals surface area contributed by atoms with Gasteiger partial charge in [-0.1, -0.05) is 0 Å². The van der Waals surface area contributed by atoms with E-state index in [4.69, 9.17) is 9.47 Å². The Labute approximate surface area is 73.4 Å². The van der Waals surface area contributed by atoms with Gasteiger partial charge in [-0.3, -0.25) is 4.79 Å². The van der Waals surface area contributed by atoms with Gasteiger partial charge in [-0.05, 0) is 26.8 Å². The van der Waals surface area contributed by atoms with E-state index in [9.17, 15) is 4.79 Å². The van der Waals surface area contributed by atoms with Gasteiger partial charge in [0, 0.05) is 0 Å². The molecule has 0 aromatic rings. The maximum atomic E-state index is 11.2. The van der Waals surface area contributed by atoms with Gasteiger partial charge in [0.15, 0.2) is 0 Å². The van der Waals surface area contributed by atoms with E-state index < -0.39 is 5.41 Å². The Morgan fingerprint density at radius 3 is 2.50 bits per heavy atom. The average Bonchev–Trinajstić information content (AvgIpc) is 2.01. The second-order valence-corrected chi connectivity index (χ2v) is 2.98. The lowest BCUT2D eigenvalue weighted by molar-refractivity contribution is -0.150. The summed E-state index contributed by atoms with van der Waals surface area (Å²) in [7, 11) is 1.54. The highest BCUT2D eigenvalue weighted by Crippen LogP contribution is 2.18. The van der Waals surface area contributed by atoms with E-state index in [1.165, 1.54) is 13.4 Å². The van der Waals surface area contributed by atoms with Crippen LogP contribution in [0.2, 0.25) is 0 Å². The van der Waals surface area contributed by atoms with Crippen LogP contribution in [-0.2, 0) is 14.3 Å². The van der Waals surface area contributed by atoms with Gasteiger partial charge in [0.1, 0.15) is 0 Å². The molecule has 0 amide bonds. The Kier molecular flexibility index (Phi) is 4.40. The van der Waals surface area contributed by atoms with Crippen molar-refractivity contribution in [1.29, 1.82) is 0 Å². The minimum Gasteiger partial charge on any atom is -0.505 e. The Balaban J connectivity index is 4.18. The summed E-state index contributed by atoms with van der Waals surface area (Å²) in [5.41, 5.74) is -0.605. The number of hydrogen-bond acceptors (Lipinski definition) is 3. The Morgan fingerprint density at radius 1 is 1.50 bits per heavy atom. The summed E-state index contributed by atoms with van der Waals surface area (Å²) in [5.74, 6) is -0.238. The SMILES string of the molecule is CCOC(=O)C(C)(C)C=COC. The third-order valence-electron chi connectivity index (χ3n) is 1.42. The molecule has 0 unspecified atom stereocenters. The molecule has 0 atom stereocenters. The van der Waals surface area contributed by atoms with Crippen LogP contribution in [0.3, 0.4) is 0 Å². The minimum absolute atomic E-state index is 0.238. The van der Waals surface area contributed by atoms with E-state index in [1.54, 1.807) is 26.8 Å². The fraction of sp³-hybridized carbons (Fsp3) is 0.667. The van der Waals surface area contributed by atoms with E-state index in [2.05, 4.69) is 0 Å². The van der Waals surface area contributed by atoms with E-state index in [0.717, 1.165) is 0 Å². The van der Waals surface area contributed by atoms with Crippen LogP contribution in [0.5, 0.6) is 0 Å². The summed E-state index contributed by atoms with van der Waals surface area (Å²) in [4.78, 5) is 11.2. The molecule has 0 aromatic carbocycles. The molecule has 12 heavy (non-hydrogen) atoms. The van der Waals surface area contributed by atoms with E-state index in [-0.39, 0.29) is 5.97 Å². The van der Waals surface area contributed by atoms with Crippen LogP contribution >= 0.6 is 0 Å². The smallest absolute Gasteiger partial charge is 0.315 e. The third kappa shape index (κ3) is 3.42. The van der Waals surface area contributed by atoms with Crippen LogP contribution in [-0.4, -0.2) is 19.7 Å². The number of rotatable bonds is 4. The number of methoxy groups -OCH3 is 1. The molecule has 0 aromatic heterocycles. The average molecular weight is 172 g/mol. The first-order valence-electron chi connectivity index (χ1n) is 3.92. The molecule has 0 N–H and O–H groups in total. The molecule has 3 nitrogen and oxygen atoms in total. The highest BCUT2D eigenvalue weighted by atomic mass is 16.5. The van der Waals surface area contributed by atoms with Crippen molar-refractivity contribution in [2.45, 2.75) is 20.8 Å². The number of esters is 1. The summed E-state index contributed by atoms with van der Waals surface area (Å²) in [6.45, 7) is 5.75. The number of ether oxygens (including phenoxy) is 2. The van der Waals surface area contributed by atoms with Crippen molar-refractivity contribution in [2.24, 2.45) is 5.41 Å². The second kappa shape index (κ2) is 4.80. The van der Waals surface area contributed by atoms with Gasteiger partial charge < -0.3 is 9.47 Å². The summed E-state index contributed by atoms with van der Waals surface area (Å²) in [6, 6.07) is 0. The largest absolute Gasteiger partial charge is 0.505 e. The van der Waals surface area contributed by atoms with Gasteiger partial charge in [-0.2, -0.15) is 0 Å². The molecule has 0 aliphatic carbocycles. The number of carbonyl (C=O) groups excluding carboxylic acids is 1. The van der Waals surface area contributed by atoms with Crippen molar-refractivity contribution in [2.75, 3.05) is 13.7 Å². The Morgan fingerprint density at radius 2 is 2.08 bits per heavy atom. The van der Waals surface area contributed by atoms with Crippen LogP contribution in [0.15, 0.2) is 12.3 Å². The molecule has 3 heteroatoms. The third-order valence-corrected chi connectivity index (χ3v) is 1.42. The summed E-state index contributed by atoms with van der Waals surface area (Å²) >= 11 is 0. The second-order valence-electron chi connectivity index (χ2n) is 2.98. The fourth-order valence-corrected chi connectivity index (χ4v) is 0.623. The molecule has 0 saturated carbocycles. The summed E-state index contributed by atoms with van der Waals surface area (Å²) < 4.78 is 9.58. The topological polar surface area (TPSA) is 35.5 Å². The molecule has 0 radical (unpaired) electrons. The molecule has 0 bridgehead atoms. The molecule has 0 aliphatic rings. The fourth-order valence-electron chi connectivity index (χ4n) is 0.623. The molecular formula is C9H16O3. The number of hydrogen-bond donors (Lipinski definition) is 0. The molecular weight excluding hydrogens is 156 g/mol. The molecule has 0 fully saturated rings. The lowest BCUT2D eigenvalue weighted by Gasteiger charge is -2.16. The summed E-state index contributed by atoms with van der Waals surface area (Å²) in [5, 5.41) is 0. The van der Waals surface area contributed by atoms with Crippen molar-refractivity contribution >= 4 is 5.97 Å². The highest BCUT2D eigenvalue weighted by molar-refractivity contribution is 5.78. The zero-order chi connectivity index (χ0) is 9.61. The van der Waals surface area contributed by atoms with Crippen LogP contribution < -0.4 is 0 Å². The lowest BCUT2D eigenvalue weighted by atomic mass is 9.94. The maximum Gasteiger partial charge on any atom is 0.315 e. The minimum atomic E-state index is -0.605. The normalized spacial score (nSPS) is 11.7. The summed E-state index contributed by atoms with van der Waals surface area (Å²) in [6.07, 6.45) is 3.15. The molecule has 70 valence electrons. The van der Waals surface area contributed by atoms with Crippen molar-refractivity contribution in [3.05, 3.63) is 12.3 Å².